The second-order valence-electron chi connectivity index (χ2n) is 6.09. The average molecular weight is 349 g/mol. The van der Waals surface area contributed by atoms with Gasteiger partial charge in [0, 0.05) is 24.1 Å². The zero-order valence-electron chi connectivity index (χ0n) is 13.8. The Morgan fingerprint density at radius 1 is 1.00 bits per heavy atom. The lowest BCUT2D eigenvalue weighted by Gasteiger charge is -2.20. The Labute approximate surface area is 151 Å². The number of carbonyl (C=O) groups is 1. The highest BCUT2D eigenvalue weighted by Crippen LogP contribution is 2.34. The fourth-order valence-corrected chi connectivity index (χ4v) is 4.36. The number of thioether (sulfide) groups is 1. The number of carbonyl (C=O) groups excluding carboxylic acids is 1. The Kier molecular flexibility index (Phi) is 4.65. The number of aromatic nitrogens is 2. The molecule has 1 atom stereocenters. The van der Waals surface area contributed by atoms with Crippen LogP contribution in [0.4, 0.5) is 0 Å². The Morgan fingerprint density at radius 3 is 2.60 bits per heavy atom. The van der Waals surface area contributed by atoms with E-state index >= 15 is 0 Å². The van der Waals surface area contributed by atoms with Gasteiger partial charge in [0.05, 0.1) is 17.2 Å². The molecule has 3 aromatic rings. The molecule has 4 rings (SSSR count). The third kappa shape index (κ3) is 3.51. The molecule has 1 aromatic heterocycles. The molecule has 1 aliphatic heterocycles. The largest absolute Gasteiger partial charge is 0.336 e. The lowest BCUT2D eigenvalue weighted by molar-refractivity contribution is 0.0760. The summed E-state index contributed by atoms with van der Waals surface area (Å²) in [4.78, 5) is 23.6. The van der Waals surface area contributed by atoms with Gasteiger partial charge in [0.15, 0.2) is 0 Å². The van der Waals surface area contributed by atoms with Gasteiger partial charge in [0.1, 0.15) is 5.69 Å². The zero-order chi connectivity index (χ0) is 17.1. The Balaban J connectivity index is 1.50. The number of nitrogens with zero attached hydrogens (tertiary/aromatic N) is 3. The molecule has 126 valence electrons. The lowest BCUT2D eigenvalue weighted by Crippen LogP contribution is -2.33. The number of fused-ring (bicyclic) bond motifs is 1. The third-order valence-electron chi connectivity index (χ3n) is 4.47. The smallest absolute Gasteiger partial charge is 0.274 e. The van der Waals surface area contributed by atoms with Gasteiger partial charge in [-0.25, -0.2) is 4.98 Å². The van der Waals surface area contributed by atoms with E-state index in [-0.39, 0.29) is 5.91 Å². The molecule has 0 radical (unpaired) electrons. The SMILES string of the molecule is O=C(c1cnc2ccccc2n1)N1CCSC(c2ccccc2)CC1. The van der Waals surface area contributed by atoms with Crippen LogP contribution in [0.5, 0.6) is 0 Å². The van der Waals surface area contributed by atoms with Crippen molar-refractivity contribution in [3.63, 3.8) is 0 Å². The number of rotatable bonds is 2. The molecule has 0 bridgehead atoms. The van der Waals surface area contributed by atoms with Crippen LogP contribution in [0.15, 0.2) is 60.8 Å². The van der Waals surface area contributed by atoms with Crippen molar-refractivity contribution < 1.29 is 4.79 Å². The van der Waals surface area contributed by atoms with Gasteiger partial charge in [0.2, 0.25) is 0 Å². The third-order valence-corrected chi connectivity index (χ3v) is 5.80. The maximum Gasteiger partial charge on any atom is 0.274 e. The number of hydrogen-bond donors (Lipinski definition) is 0. The van der Waals surface area contributed by atoms with Crippen LogP contribution in [0, 0.1) is 0 Å². The molecule has 5 heteroatoms. The second-order valence-corrected chi connectivity index (χ2v) is 7.41. The summed E-state index contributed by atoms with van der Waals surface area (Å²) in [6.45, 7) is 1.50. The summed E-state index contributed by atoms with van der Waals surface area (Å²) in [7, 11) is 0. The minimum absolute atomic E-state index is 0.0208. The molecule has 25 heavy (non-hydrogen) atoms. The van der Waals surface area contributed by atoms with E-state index in [2.05, 4.69) is 34.2 Å². The van der Waals surface area contributed by atoms with Gasteiger partial charge in [-0.3, -0.25) is 9.78 Å². The predicted molar refractivity (Wildman–Crippen MR) is 102 cm³/mol. The summed E-state index contributed by atoms with van der Waals surface area (Å²) in [6.07, 6.45) is 2.55. The van der Waals surface area contributed by atoms with Crippen LogP contribution in [0.2, 0.25) is 0 Å². The van der Waals surface area contributed by atoms with Gasteiger partial charge >= 0.3 is 0 Å². The van der Waals surface area contributed by atoms with Crippen LogP contribution in [-0.2, 0) is 0 Å². The molecule has 4 nitrogen and oxygen atoms in total. The van der Waals surface area contributed by atoms with E-state index in [1.54, 1.807) is 6.20 Å². The highest BCUT2D eigenvalue weighted by molar-refractivity contribution is 7.99. The van der Waals surface area contributed by atoms with Crippen LogP contribution < -0.4 is 0 Å². The Hall–Kier alpha value is -2.40. The number of hydrogen-bond acceptors (Lipinski definition) is 4. The second kappa shape index (κ2) is 7.23. The fraction of sp³-hybridized carbons (Fsp3) is 0.250. The van der Waals surface area contributed by atoms with Gasteiger partial charge in [-0.15, -0.1) is 0 Å². The maximum absolute atomic E-state index is 12.9. The van der Waals surface area contributed by atoms with Crippen molar-refractivity contribution in [1.29, 1.82) is 0 Å². The summed E-state index contributed by atoms with van der Waals surface area (Å²) in [6, 6.07) is 18.2. The van der Waals surface area contributed by atoms with Crippen molar-refractivity contribution in [2.24, 2.45) is 0 Å². The van der Waals surface area contributed by atoms with E-state index in [0.717, 1.165) is 36.3 Å². The van der Waals surface area contributed by atoms with Crippen molar-refractivity contribution in [2.45, 2.75) is 11.7 Å². The quantitative estimate of drug-likeness (QED) is 0.703. The molecule has 1 aliphatic rings. The van der Waals surface area contributed by atoms with E-state index in [1.807, 2.05) is 47.0 Å². The van der Waals surface area contributed by atoms with Crippen LogP contribution in [0.1, 0.15) is 27.7 Å². The molecule has 0 aliphatic carbocycles. The van der Waals surface area contributed by atoms with E-state index in [1.165, 1.54) is 5.56 Å². The van der Waals surface area contributed by atoms with E-state index in [4.69, 9.17) is 0 Å². The van der Waals surface area contributed by atoms with Gasteiger partial charge in [0.25, 0.3) is 5.91 Å². The summed E-state index contributed by atoms with van der Waals surface area (Å²) in [5, 5.41) is 0.446. The standard InChI is InChI=1S/C20H19N3OS/c24-20(18-14-21-16-8-4-5-9-17(16)22-18)23-11-10-19(25-13-12-23)15-6-2-1-3-7-15/h1-9,14,19H,10-13H2. The van der Waals surface area contributed by atoms with Crippen molar-refractivity contribution >= 4 is 28.7 Å². The molecule has 1 saturated heterocycles. The first-order chi connectivity index (χ1) is 12.3. The highest BCUT2D eigenvalue weighted by atomic mass is 32.2. The predicted octanol–water partition coefficient (Wildman–Crippen LogP) is 3.95. The van der Waals surface area contributed by atoms with E-state index in [9.17, 15) is 4.79 Å². The molecular weight excluding hydrogens is 330 g/mol. The van der Waals surface area contributed by atoms with Crippen molar-refractivity contribution in [1.82, 2.24) is 14.9 Å². The fourth-order valence-electron chi connectivity index (χ4n) is 3.13. The van der Waals surface area contributed by atoms with Crippen molar-refractivity contribution in [3.05, 3.63) is 72.1 Å². The topological polar surface area (TPSA) is 46.1 Å². The van der Waals surface area contributed by atoms with Gasteiger partial charge in [-0.1, -0.05) is 42.5 Å². The summed E-state index contributed by atoms with van der Waals surface area (Å²) in [5.74, 6) is 0.916. The normalized spacial score (nSPS) is 18.1. The summed E-state index contributed by atoms with van der Waals surface area (Å²) in [5.41, 5.74) is 3.35. The van der Waals surface area contributed by atoms with Crippen LogP contribution in [0.25, 0.3) is 11.0 Å². The molecule has 2 aromatic carbocycles. The van der Waals surface area contributed by atoms with Crippen molar-refractivity contribution in [2.75, 3.05) is 18.8 Å². The molecule has 0 spiro atoms. The first-order valence-electron chi connectivity index (χ1n) is 8.49. The van der Waals surface area contributed by atoms with Crippen LogP contribution in [-0.4, -0.2) is 39.6 Å². The van der Waals surface area contributed by atoms with Crippen LogP contribution >= 0.6 is 11.8 Å². The minimum Gasteiger partial charge on any atom is -0.336 e. The first kappa shape index (κ1) is 16.1. The first-order valence-corrected chi connectivity index (χ1v) is 9.54. The molecule has 0 N–H and O–H groups in total. The summed E-state index contributed by atoms with van der Waals surface area (Å²) >= 11 is 1.93. The number of benzene rings is 2. The molecule has 1 amide bonds. The molecule has 2 heterocycles. The minimum atomic E-state index is -0.0208. The summed E-state index contributed by atoms with van der Waals surface area (Å²) < 4.78 is 0. The lowest BCUT2D eigenvalue weighted by atomic mass is 10.1. The maximum atomic E-state index is 12.9. The molecule has 1 unspecified atom stereocenters. The van der Waals surface area contributed by atoms with Gasteiger partial charge in [-0.05, 0) is 24.1 Å². The van der Waals surface area contributed by atoms with Crippen LogP contribution in [0.3, 0.4) is 0 Å². The molecule has 0 saturated carbocycles. The highest BCUT2D eigenvalue weighted by Gasteiger charge is 2.23. The van der Waals surface area contributed by atoms with E-state index in [0.29, 0.717) is 10.9 Å². The Morgan fingerprint density at radius 2 is 1.76 bits per heavy atom. The monoisotopic (exact) mass is 349 g/mol. The van der Waals surface area contributed by atoms with Crippen molar-refractivity contribution in [3.8, 4) is 0 Å². The number of amides is 1. The zero-order valence-corrected chi connectivity index (χ0v) is 14.7. The molecular formula is C20H19N3OS. The van der Waals surface area contributed by atoms with Gasteiger partial charge in [-0.2, -0.15) is 11.8 Å². The van der Waals surface area contributed by atoms with Gasteiger partial charge < -0.3 is 4.90 Å². The molecule has 1 fully saturated rings. The Bertz CT molecular complexity index is 884. The number of para-hydroxylation sites is 2. The average Bonchev–Trinajstić information content (AvgIpc) is 2.94. The van der Waals surface area contributed by atoms with E-state index < -0.39 is 0 Å².